The van der Waals surface area contributed by atoms with Gasteiger partial charge in [0.05, 0.1) is 5.41 Å². The largest absolute Gasteiger partial charge is 0.481 e. The number of hydrogen-bond donors (Lipinski definition) is 2. The molecular weight excluding hydrogens is 226 g/mol. The van der Waals surface area contributed by atoms with Gasteiger partial charge in [0.25, 0.3) is 0 Å². The summed E-state index contributed by atoms with van der Waals surface area (Å²) in [5.74, 6) is -0.723. The fourth-order valence-electron chi connectivity index (χ4n) is 2.40. The van der Waals surface area contributed by atoms with Crippen molar-refractivity contribution in [3.05, 3.63) is 35.4 Å². The van der Waals surface area contributed by atoms with Gasteiger partial charge in [0.2, 0.25) is 0 Å². The zero-order valence-corrected chi connectivity index (χ0v) is 11.1. The van der Waals surface area contributed by atoms with E-state index in [9.17, 15) is 4.79 Å². The molecule has 1 aromatic carbocycles. The number of carboxylic acids is 1. The lowest BCUT2D eigenvalue weighted by Gasteiger charge is -2.20. The van der Waals surface area contributed by atoms with E-state index in [1.54, 1.807) is 13.8 Å². The lowest BCUT2D eigenvalue weighted by molar-refractivity contribution is -0.147. The topological polar surface area (TPSA) is 49.3 Å². The molecule has 0 spiro atoms. The number of carbonyl (C=O) groups is 1. The van der Waals surface area contributed by atoms with E-state index in [4.69, 9.17) is 5.11 Å². The molecule has 0 amide bonds. The van der Waals surface area contributed by atoms with Crippen molar-refractivity contribution in [3.63, 3.8) is 0 Å². The maximum absolute atomic E-state index is 11.0. The van der Waals surface area contributed by atoms with E-state index >= 15 is 0 Å². The minimum absolute atomic E-state index is 0.465. The Morgan fingerprint density at radius 3 is 2.39 bits per heavy atom. The first kappa shape index (κ1) is 13.1. The van der Waals surface area contributed by atoms with Crippen molar-refractivity contribution in [2.45, 2.75) is 39.2 Å². The molecule has 3 nitrogen and oxygen atoms in total. The summed E-state index contributed by atoms with van der Waals surface area (Å²) in [7, 11) is 0. The summed E-state index contributed by atoms with van der Waals surface area (Å²) >= 11 is 0. The molecule has 1 aliphatic carbocycles. The van der Waals surface area contributed by atoms with Gasteiger partial charge >= 0.3 is 5.97 Å². The molecule has 0 radical (unpaired) electrons. The quantitative estimate of drug-likeness (QED) is 0.839. The maximum Gasteiger partial charge on any atom is 0.309 e. The second-order valence-electron chi connectivity index (χ2n) is 5.77. The van der Waals surface area contributed by atoms with Gasteiger partial charge < -0.3 is 10.4 Å². The van der Waals surface area contributed by atoms with Crippen LogP contribution in [0.1, 0.15) is 31.4 Å². The Morgan fingerprint density at radius 2 is 1.89 bits per heavy atom. The van der Waals surface area contributed by atoms with Gasteiger partial charge in [-0.3, -0.25) is 4.79 Å². The Bertz CT molecular complexity index is 415. The van der Waals surface area contributed by atoms with Crippen LogP contribution in [-0.4, -0.2) is 23.7 Å². The first-order valence-electron chi connectivity index (χ1n) is 6.52. The summed E-state index contributed by atoms with van der Waals surface area (Å²) in [4.78, 5) is 11.0. The average Bonchev–Trinajstić information content (AvgIpc) is 2.70. The third kappa shape index (κ3) is 2.91. The van der Waals surface area contributed by atoms with E-state index in [0.29, 0.717) is 12.5 Å². The highest BCUT2D eigenvalue weighted by molar-refractivity contribution is 5.73. The lowest BCUT2D eigenvalue weighted by Crippen LogP contribution is -2.35. The molecule has 0 aliphatic heterocycles. The molecule has 2 N–H and O–H groups in total. The maximum atomic E-state index is 11.0. The number of nitrogens with one attached hydrogen (secondary N) is 1. The first-order valence-corrected chi connectivity index (χ1v) is 6.52. The van der Waals surface area contributed by atoms with E-state index in [1.165, 1.54) is 11.1 Å². The zero-order valence-electron chi connectivity index (χ0n) is 11.1. The normalized spacial score (nSPS) is 15.7. The molecule has 2 rings (SSSR count). The summed E-state index contributed by atoms with van der Waals surface area (Å²) in [6, 6.07) is 8.98. The van der Waals surface area contributed by atoms with Crippen LogP contribution in [0.15, 0.2) is 24.3 Å². The molecule has 0 saturated carbocycles. The van der Waals surface area contributed by atoms with Crippen LogP contribution in [0, 0.1) is 5.41 Å². The minimum atomic E-state index is -0.723. The van der Waals surface area contributed by atoms with E-state index in [0.717, 1.165) is 19.4 Å². The Balaban J connectivity index is 1.79. The molecule has 0 atom stereocenters. The van der Waals surface area contributed by atoms with Gasteiger partial charge in [-0.1, -0.05) is 24.3 Å². The highest BCUT2D eigenvalue weighted by Crippen LogP contribution is 2.23. The number of benzene rings is 1. The highest BCUT2D eigenvalue weighted by atomic mass is 16.4. The molecule has 0 bridgehead atoms. The van der Waals surface area contributed by atoms with Crippen LogP contribution in [-0.2, 0) is 17.6 Å². The minimum Gasteiger partial charge on any atom is -0.481 e. The SMILES string of the molecule is CC(C)(CCNC1Cc2ccccc2C1)C(=O)O. The molecule has 1 aromatic rings. The van der Waals surface area contributed by atoms with Crippen molar-refractivity contribution in [3.8, 4) is 0 Å². The molecular formula is C15H21NO2. The molecule has 0 fully saturated rings. The van der Waals surface area contributed by atoms with Gasteiger partial charge in [-0.05, 0) is 50.8 Å². The summed E-state index contributed by atoms with van der Waals surface area (Å²) < 4.78 is 0. The first-order chi connectivity index (χ1) is 8.49. The fourth-order valence-corrected chi connectivity index (χ4v) is 2.40. The number of aliphatic carboxylic acids is 1. The molecule has 3 heteroatoms. The number of carboxylic acid groups (broad SMARTS) is 1. The molecule has 0 saturated heterocycles. The predicted molar refractivity (Wildman–Crippen MR) is 71.7 cm³/mol. The van der Waals surface area contributed by atoms with Crippen molar-refractivity contribution >= 4 is 5.97 Å². The van der Waals surface area contributed by atoms with Crippen molar-refractivity contribution in [1.82, 2.24) is 5.32 Å². The van der Waals surface area contributed by atoms with E-state index in [1.807, 2.05) is 0 Å². The van der Waals surface area contributed by atoms with E-state index in [-0.39, 0.29) is 0 Å². The lowest BCUT2D eigenvalue weighted by atomic mass is 9.89. The molecule has 0 aromatic heterocycles. The monoisotopic (exact) mass is 247 g/mol. The second-order valence-corrected chi connectivity index (χ2v) is 5.77. The number of rotatable bonds is 5. The van der Waals surface area contributed by atoms with Crippen molar-refractivity contribution < 1.29 is 9.90 Å². The van der Waals surface area contributed by atoms with Crippen molar-refractivity contribution in [2.24, 2.45) is 5.41 Å². The summed E-state index contributed by atoms with van der Waals surface area (Å²) in [5, 5.41) is 12.5. The standard InChI is InChI=1S/C15H21NO2/c1-15(2,14(17)18)7-8-16-13-9-11-5-3-4-6-12(11)10-13/h3-6,13,16H,7-10H2,1-2H3,(H,17,18). The molecule has 18 heavy (non-hydrogen) atoms. The van der Waals surface area contributed by atoms with Crippen molar-refractivity contribution in [1.29, 1.82) is 0 Å². The third-order valence-electron chi connectivity index (χ3n) is 3.81. The number of fused-ring (bicyclic) bond motifs is 1. The fraction of sp³-hybridized carbons (Fsp3) is 0.533. The Hall–Kier alpha value is -1.35. The van der Waals surface area contributed by atoms with Crippen LogP contribution in [0.2, 0.25) is 0 Å². The van der Waals surface area contributed by atoms with Gasteiger partial charge in [0.1, 0.15) is 0 Å². The molecule has 0 heterocycles. The van der Waals surface area contributed by atoms with E-state index < -0.39 is 11.4 Å². The van der Waals surface area contributed by atoms with E-state index in [2.05, 4.69) is 29.6 Å². The predicted octanol–water partition coefficient (Wildman–Crippen LogP) is 2.24. The second kappa shape index (κ2) is 5.11. The van der Waals surface area contributed by atoms with Gasteiger partial charge in [0.15, 0.2) is 0 Å². The van der Waals surface area contributed by atoms with Crippen LogP contribution in [0.25, 0.3) is 0 Å². The molecule has 98 valence electrons. The summed E-state index contributed by atoms with van der Waals surface area (Å²) in [5.41, 5.74) is 2.21. The smallest absolute Gasteiger partial charge is 0.309 e. The van der Waals surface area contributed by atoms with Gasteiger partial charge in [-0.25, -0.2) is 0 Å². The van der Waals surface area contributed by atoms with Crippen LogP contribution >= 0.6 is 0 Å². The van der Waals surface area contributed by atoms with Crippen LogP contribution in [0.4, 0.5) is 0 Å². The summed E-state index contributed by atoms with van der Waals surface area (Å²) in [6.07, 6.45) is 2.78. The number of hydrogen-bond acceptors (Lipinski definition) is 2. The van der Waals surface area contributed by atoms with Crippen LogP contribution in [0.3, 0.4) is 0 Å². The third-order valence-corrected chi connectivity index (χ3v) is 3.81. The van der Waals surface area contributed by atoms with Gasteiger partial charge in [-0.2, -0.15) is 0 Å². The Morgan fingerprint density at radius 1 is 1.33 bits per heavy atom. The van der Waals surface area contributed by atoms with Crippen molar-refractivity contribution in [2.75, 3.05) is 6.54 Å². The summed E-state index contributed by atoms with van der Waals surface area (Å²) in [6.45, 7) is 4.32. The van der Waals surface area contributed by atoms with Crippen LogP contribution < -0.4 is 5.32 Å². The van der Waals surface area contributed by atoms with Crippen LogP contribution in [0.5, 0.6) is 0 Å². The Labute approximate surface area is 108 Å². The molecule has 0 unspecified atom stereocenters. The zero-order chi connectivity index (χ0) is 13.2. The highest BCUT2D eigenvalue weighted by Gasteiger charge is 2.27. The van der Waals surface area contributed by atoms with Gasteiger partial charge in [-0.15, -0.1) is 0 Å². The molecule has 1 aliphatic rings. The van der Waals surface area contributed by atoms with Gasteiger partial charge in [0, 0.05) is 6.04 Å². The Kier molecular flexibility index (Phi) is 3.71. The average molecular weight is 247 g/mol.